The monoisotopic (exact) mass is 263 g/mol. The number of carbonyl (C=O) groups excluding carboxylic acids is 2. The lowest BCUT2D eigenvalue weighted by Gasteiger charge is -2.26. The second-order valence-corrected chi connectivity index (χ2v) is 5.63. The number of para-hydroxylation sites is 1. The normalized spacial score (nSPS) is 12.8. The second-order valence-electron chi connectivity index (χ2n) is 5.63. The maximum absolute atomic E-state index is 12.0. The Balaban J connectivity index is 2.88. The molecule has 0 fully saturated rings. The number of anilines is 1. The molecule has 1 rings (SSSR count). The van der Waals surface area contributed by atoms with Crippen molar-refractivity contribution in [2.45, 2.75) is 33.2 Å². The van der Waals surface area contributed by atoms with E-state index < -0.39 is 11.9 Å². The highest BCUT2D eigenvalue weighted by Gasteiger charge is 2.27. The summed E-state index contributed by atoms with van der Waals surface area (Å²) in [6.45, 7) is 5.69. The minimum Gasteiger partial charge on any atom is -0.369 e. The molecule has 0 aliphatic carbocycles. The molecule has 1 atom stereocenters. The van der Waals surface area contributed by atoms with Crippen LogP contribution in [-0.2, 0) is 16.0 Å². The van der Waals surface area contributed by atoms with Crippen molar-refractivity contribution in [2.24, 2.45) is 16.9 Å². The van der Waals surface area contributed by atoms with Gasteiger partial charge < -0.3 is 16.8 Å². The third-order valence-corrected chi connectivity index (χ3v) is 2.86. The van der Waals surface area contributed by atoms with E-state index >= 15 is 0 Å². The van der Waals surface area contributed by atoms with Gasteiger partial charge in [-0.2, -0.15) is 0 Å². The number of amides is 2. The van der Waals surface area contributed by atoms with E-state index in [1.54, 1.807) is 24.3 Å². The fourth-order valence-corrected chi connectivity index (χ4v) is 1.59. The van der Waals surface area contributed by atoms with Gasteiger partial charge in [0.05, 0.1) is 12.5 Å². The van der Waals surface area contributed by atoms with Gasteiger partial charge in [0.25, 0.3) is 0 Å². The summed E-state index contributed by atoms with van der Waals surface area (Å²) >= 11 is 0. The lowest BCUT2D eigenvalue weighted by molar-refractivity contribution is -0.119. The molecule has 0 aromatic heterocycles. The molecular formula is C14H21N3O2. The zero-order valence-electron chi connectivity index (χ0n) is 11.6. The molecule has 0 saturated carbocycles. The van der Waals surface area contributed by atoms with Gasteiger partial charge >= 0.3 is 0 Å². The van der Waals surface area contributed by atoms with Crippen LogP contribution in [0.15, 0.2) is 24.3 Å². The van der Waals surface area contributed by atoms with E-state index in [0.717, 1.165) is 0 Å². The predicted molar refractivity (Wildman–Crippen MR) is 75.4 cm³/mol. The van der Waals surface area contributed by atoms with Crippen LogP contribution in [0.5, 0.6) is 0 Å². The summed E-state index contributed by atoms with van der Waals surface area (Å²) in [4.78, 5) is 23.0. The zero-order chi connectivity index (χ0) is 14.6. The predicted octanol–water partition coefficient (Wildman–Crippen LogP) is 1.03. The van der Waals surface area contributed by atoms with Crippen molar-refractivity contribution in [3.05, 3.63) is 29.8 Å². The number of hydrogen-bond acceptors (Lipinski definition) is 3. The van der Waals surface area contributed by atoms with Crippen LogP contribution in [0, 0.1) is 5.41 Å². The van der Waals surface area contributed by atoms with Crippen LogP contribution in [0.3, 0.4) is 0 Å². The Hall–Kier alpha value is -1.88. The van der Waals surface area contributed by atoms with Crippen molar-refractivity contribution < 1.29 is 9.59 Å². The van der Waals surface area contributed by atoms with Crippen LogP contribution in [0.2, 0.25) is 0 Å². The highest BCUT2D eigenvalue weighted by Crippen LogP contribution is 2.20. The molecule has 0 heterocycles. The van der Waals surface area contributed by atoms with Crippen molar-refractivity contribution in [1.29, 1.82) is 0 Å². The maximum Gasteiger partial charge on any atom is 0.241 e. The standard InChI is InChI=1S/C14H21N3O2/c1-14(2,3)12(16)13(19)17-10-7-5-4-6-9(10)8-11(15)18/h4-7,12H,8,16H2,1-3H3,(H2,15,18)(H,17,19)/t12-/m1/s1. The van der Waals surface area contributed by atoms with Gasteiger partial charge in [0.1, 0.15) is 0 Å². The Kier molecular flexibility index (Phi) is 4.67. The van der Waals surface area contributed by atoms with Gasteiger partial charge in [0.15, 0.2) is 0 Å². The molecule has 5 heteroatoms. The molecule has 5 nitrogen and oxygen atoms in total. The first kappa shape index (κ1) is 15.2. The van der Waals surface area contributed by atoms with Gasteiger partial charge in [-0.3, -0.25) is 9.59 Å². The summed E-state index contributed by atoms with van der Waals surface area (Å²) in [5, 5.41) is 2.75. The fraction of sp³-hybridized carbons (Fsp3) is 0.429. The highest BCUT2D eigenvalue weighted by molar-refractivity contribution is 5.96. The summed E-state index contributed by atoms with van der Waals surface area (Å²) in [7, 11) is 0. The highest BCUT2D eigenvalue weighted by atomic mass is 16.2. The van der Waals surface area contributed by atoms with Crippen molar-refractivity contribution in [3.63, 3.8) is 0 Å². The summed E-state index contributed by atoms with van der Waals surface area (Å²) < 4.78 is 0. The number of hydrogen-bond donors (Lipinski definition) is 3. The third-order valence-electron chi connectivity index (χ3n) is 2.86. The Labute approximate surface area is 113 Å². The molecule has 1 aromatic rings. The quantitative estimate of drug-likeness (QED) is 0.756. The first-order valence-corrected chi connectivity index (χ1v) is 6.14. The molecule has 0 unspecified atom stereocenters. The third kappa shape index (κ3) is 4.37. The van der Waals surface area contributed by atoms with Crippen molar-refractivity contribution >= 4 is 17.5 Å². The molecule has 104 valence electrons. The molecule has 0 aliphatic rings. The molecule has 0 aliphatic heterocycles. The van der Waals surface area contributed by atoms with Gasteiger partial charge in [-0.25, -0.2) is 0 Å². The topological polar surface area (TPSA) is 98.2 Å². The summed E-state index contributed by atoms with van der Waals surface area (Å²) in [6, 6.07) is 6.42. The van der Waals surface area contributed by atoms with E-state index in [9.17, 15) is 9.59 Å². The molecule has 2 amide bonds. The molecule has 1 aromatic carbocycles. The Morgan fingerprint density at radius 2 is 1.84 bits per heavy atom. The van der Waals surface area contributed by atoms with Crippen LogP contribution < -0.4 is 16.8 Å². The average Bonchev–Trinajstić information content (AvgIpc) is 2.28. The molecule has 19 heavy (non-hydrogen) atoms. The first-order chi connectivity index (χ1) is 8.71. The van der Waals surface area contributed by atoms with Crippen molar-refractivity contribution in [2.75, 3.05) is 5.32 Å². The minimum atomic E-state index is -0.630. The Bertz CT molecular complexity index is 478. The summed E-state index contributed by atoms with van der Waals surface area (Å²) in [6.07, 6.45) is 0.0845. The van der Waals surface area contributed by atoms with E-state index in [1.165, 1.54) is 0 Å². The Morgan fingerprint density at radius 1 is 1.26 bits per heavy atom. The number of benzene rings is 1. The lowest BCUT2D eigenvalue weighted by Crippen LogP contribution is -2.45. The molecule has 0 bridgehead atoms. The fourth-order valence-electron chi connectivity index (χ4n) is 1.59. The van der Waals surface area contributed by atoms with Crippen LogP contribution in [0.4, 0.5) is 5.69 Å². The van der Waals surface area contributed by atoms with Gasteiger partial charge in [0, 0.05) is 5.69 Å². The van der Waals surface area contributed by atoms with Gasteiger partial charge in [-0.15, -0.1) is 0 Å². The molecule has 0 spiro atoms. The molecule has 0 radical (unpaired) electrons. The van der Waals surface area contributed by atoms with E-state index in [2.05, 4.69) is 5.32 Å². The Morgan fingerprint density at radius 3 is 2.37 bits per heavy atom. The zero-order valence-corrected chi connectivity index (χ0v) is 11.6. The second kappa shape index (κ2) is 5.84. The van der Waals surface area contributed by atoms with E-state index in [0.29, 0.717) is 11.3 Å². The van der Waals surface area contributed by atoms with E-state index in [4.69, 9.17) is 11.5 Å². The number of nitrogens with one attached hydrogen (secondary N) is 1. The van der Waals surface area contributed by atoms with Gasteiger partial charge in [-0.1, -0.05) is 39.0 Å². The smallest absolute Gasteiger partial charge is 0.241 e. The van der Waals surface area contributed by atoms with Crippen LogP contribution in [0.25, 0.3) is 0 Å². The number of carbonyl (C=O) groups is 2. The number of nitrogens with two attached hydrogens (primary N) is 2. The molecular weight excluding hydrogens is 242 g/mol. The first-order valence-electron chi connectivity index (χ1n) is 6.14. The van der Waals surface area contributed by atoms with E-state index in [-0.39, 0.29) is 17.7 Å². The summed E-state index contributed by atoms with van der Waals surface area (Å²) in [5.41, 5.74) is 12.0. The number of rotatable bonds is 4. The minimum absolute atomic E-state index is 0.0845. The largest absolute Gasteiger partial charge is 0.369 e. The molecule has 0 saturated heterocycles. The van der Waals surface area contributed by atoms with Gasteiger partial charge in [-0.05, 0) is 17.0 Å². The van der Waals surface area contributed by atoms with Crippen LogP contribution in [-0.4, -0.2) is 17.9 Å². The number of primary amides is 1. The summed E-state index contributed by atoms with van der Waals surface area (Å²) in [5.74, 6) is -0.716. The lowest BCUT2D eigenvalue weighted by atomic mass is 9.87. The molecule has 5 N–H and O–H groups in total. The van der Waals surface area contributed by atoms with Crippen molar-refractivity contribution in [3.8, 4) is 0 Å². The van der Waals surface area contributed by atoms with Crippen LogP contribution >= 0.6 is 0 Å². The van der Waals surface area contributed by atoms with Crippen molar-refractivity contribution in [1.82, 2.24) is 0 Å². The average molecular weight is 263 g/mol. The van der Waals surface area contributed by atoms with Crippen LogP contribution in [0.1, 0.15) is 26.3 Å². The SMILES string of the molecule is CC(C)(C)[C@H](N)C(=O)Nc1ccccc1CC(N)=O. The van der Waals surface area contributed by atoms with E-state index in [1.807, 2.05) is 20.8 Å². The maximum atomic E-state index is 12.0. The van der Waals surface area contributed by atoms with Gasteiger partial charge in [0.2, 0.25) is 11.8 Å².